The largest absolute Gasteiger partial charge is 0.469 e. The molecule has 0 fully saturated rings. The Bertz CT molecular complexity index is 465. The maximum Gasteiger partial charge on any atom is 0.214 e. The minimum absolute atomic E-state index is 0.109. The lowest BCUT2D eigenvalue weighted by molar-refractivity contribution is -0.483. The molecule has 0 aliphatic carbocycles. The monoisotopic (exact) mass is 231 g/mol. The lowest BCUT2D eigenvalue weighted by atomic mass is 9.97. The van der Waals surface area contributed by atoms with E-state index >= 15 is 0 Å². The summed E-state index contributed by atoms with van der Waals surface area (Å²) in [5.41, 5.74) is 1.08. The van der Waals surface area contributed by atoms with Crippen molar-refractivity contribution in [2.45, 2.75) is 12.3 Å². The zero-order valence-corrected chi connectivity index (χ0v) is 9.28. The van der Waals surface area contributed by atoms with Gasteiger partial charge in [0.1, 0.15) is 5.76 Å². The SMILES string of the molecule is O=[N+]([O-])CC(Cc1ccccc1)c1ccco1. The van der Waals surface area contributed by atoms with E-state index in [0.29, 0.717) is 12.2 Å². The van der Waals surface area contributed by atoms with Crippen molar-refractivity contribution in [3.63, 3.8) is 0 Å². The van der Waals surface area contributed by atoms with Crippen LogP contribution in [0.25, 0.3) is 0 Å². The Kier molecular flexibility index (Phi) is 3.55. The second kappa shape index (κ2) is 5.30. The van der Waals surface area contributed by atoms with Gasteiger partial charge in [-0.05, 0) is 24.1 Å². The van der Waals surface area contributed by atoms with Crippen LogP contribution < -0.4 is 0 Å². The highest BCUT2D eigenvalue weighted by atomic mass is 16.6. The number of benzene rings is 1. The number of nitro groups is 1. The molecule has 4 nitrogen and oxygen atoms in total. The molecule has 0 aliphatic rings. The molecule has 1 aromatic heterocycles. The summed E-state index contributed by atoms with van der Waals surface area (Å²) >= 11 is 0. The van der Waals surface area contributed by atoms with Crippen LogP contribution in [0, 0.1) is 10.1 Å². The Labute approximate surface area is 99.0 Å². The van der Waals surface area contributed by atoms with Gasteiger partial charge in [-0.1, -0.05) is 30.3 Å². The molecule has 1 unspecified atom stereocenters. The fourth-order valence-electron chi connectivity index (χ4n) is 1.86. The van der Waals surface area contributed by atoms with E-state index in [2.05, 4.69) is 0 Å². The summed E-state index contributed by atoms with van der Waals surface area (Å²) in [6.45, 7) is -0.109. The Morgan fingerprint density at radius 2 is 1.94 bits per heavy atom. The average molecular weight is 231 g/mol. The third kappa shape index (κ3) is 3.17. The second-order valence-corrected chi connectivity index (χ2v) is 3.92. The van der Waals surface area contributed by atoms with Gasteiger partial charge in [0.05, 0.1) is 12.2 Å². The highest BCUT2D eigenvalue weighted by molar-refractivity contribution is 5.18. The molecule has 88 valence electrons. The van der Waals surface area contributed by atoms with Gasteiger partial charge in [0.15, 0.2) is 0 Å². The molecule has 4 heteroatoms. The van der Waals surface area contributed by atoms with Crippen LogP contribution in [0.1, 0.15) is 17.2 Å². The smallest absolute Gasteiger partial charge is 0.214 e. The molecule has 17 heavy (non-hydrogen) atoms. The molecule has 0 spiro atoms. The van der Waals surface area contributed by atoms with Crippen molar-refractivity contribution >= 4 is 0 Å². The van der Waals surface area contributed by atoms with Gasteiger partial charge < -0.3 is 4.42 Å². The van der Waals surface area contributed by atoms with Crippen molar-refractivity contribution in [1.82, 2.24) is 0 Å². The molecule has 1 heterocycles. The summed E-state index contributed by atoms with van der Waals surface area (Å²) in [5, 5.41) is 10.7. The van der Waals surface area contributed by atoms with Crippen molar-refractivity contribution in [1.29, 1.82) is 0 Å². The predicted octanol–water partition coefficient (Wildman–Crippen LogP) is 2.88. The third-order valence-electron chi connectivity index (χ3n) is 2.64. The summed E-state index contributed by atoms with van der Waals surface area (Å²) in [7, 11) is 0. The van der Waals surface area contributed by atoms with E-state index in [4.69, 9.17) is 4.42 Å². The van der Waals surface area contributed by atoms with Gasteiger partial charge in [-0.25, -0.2) is 0 Å². The molecular formula is C13H13NO3. The van der Waals surface area contributed by atoms with Crippen molar-refractivity contribution in [3.8, 4) is 0 Å². The molecule has 0 saturated heterocycles. The van der Waals surface area contributed by atoms with Crippen LogP contribution in [0.15, 0.2) is 53.1 Å². The predicted molar refractivity (Wildman–Crippen MR) is 63.5 cm³/mol. The fraction of sp³-hybridized carbons (Fsp3) is 0.231. The molecule has 0 amide bonds. The lowest BCUT2D eigenvalue weighted by Crippen LogP contribution is -2.14. The summed E-state index contributed by atoms with van der Waals surface area (Å²) in [6, 6.07) is 13.3. The van der Waals surface area contributed by atoms with Crippen molar-refractivity contribution in [3.05, 3.63) is 70.2 Å². The summed E-state index contributed by atoms with van der Waals surface area (Å²) in [4.78, 5) is 10.4. The lowest BCUT2D eigenvalue weighted by Gasteiger charge is -2.09. The van der Waals surface area contributed by atoms with Gasteiger partial charge in [0, 0.05) is 4.92 Å². The topological polar surface area (TPSA) is 56.3 Å². The first kappa shape index (κ1) is 11.4. The maximum atomic E-state index is 10.7. The first-order chi connectivity index (χ1) is 8.25. The molecule has 1 atom stereocenters. The highest BCUT2D eigenvalue weighted by Crippen LogP contribution is 2.21. The third-order valence-corrected chi connectivity index (χ3v) is 2.64. The van der Waals surface area contributed by atoms with E-state index in [9.17, 15) is 10.1 Å². The summed E-state index contributed by atoms with van der Waals surface area (Å²) in [5.74, 6) is 0.466. The van der Waals surface area contributed by atoms with E-state index in [-0.39, 0.29) is 17.4 Å². The molecule has 0 aliphatic heterocycles. The van der Waals surface area contributed by atoms with Crippen LogP contribution in [-0.2, 0) is 6.42 Å². The number of hydrogen-bond donors (Lipinski definition) is 0. The minimum Gasteiger partial charge on any atom is -0.469 e. The number of nitrogens with zero attached hydrogens (tertiary/aromatic N) is 1. The van der Waals surface area contributed by atoms with E-state index in [1.807, 2.05) is 30.3 Å². The maximum absolute atomic E-state index is 10.7. The molecule has 0 bridgehead atoms. The zero-order valence-electron chi connectivity index (χ0n) is 9.28. The van der Waals surface area contributed by atoms with Crippen LogP contribution in [-0.4, -0.2) is 11.5 Å². The van der Waals surface area contributed by atoms with Crippen molar-refractivity contribution < 1.29 is 9.34 Å². The van der Waals surface area contributed by atoms with Crippen LogP contribution in [0.4, 0.5) is 0 Å². The summed E-state index contributed by atoms with van der Waals surface area (Å²) in [6.07, 6.45) is 2.17. The molecule has 0 N–H and O–H groups in total. The summed E-state index contributed by atoms with van der Waals surface area (Å²) < 4.78 is 5.26. The first-order valence-electron chi connectivity index (χ1n) is 5.45. The highest BCUT2D eigenvalue weighted by Gasteiger charge is 2.20. The van der Waals surface area contributed by atoms with E-state index < -0.39 is 0 Å². The van der Waals surface area contributed by atoms with E-state index in [1.165, 1.54) is 0 Å². The second-order valence-electron chi connectivity index (χ2n) is 3.92. The van der Waals surface area contributed by atoms with Gasteiger partial charge >= 0.3 is 0 Å². The normalized spacial score (nSPS) is 12.2. The molecule has 2 rings (SSSR count). The standard InChI is InChI=1S/C13H13NO3/c15-14(16)10-12(13-7-4-8-17-13)9-11-5-2-1-3-6-11/h1-8,12H,9-10H2. The van der Waals surface area contributed by atoms with Crippen LogP contribution in [0.2, 0.25) is 0 Å². The van der Waals surface area contributed by atoms with Gasteiger partial charge in [-0.3, -0.25) is 10.1 Å². The average Bonchev–Trinajstić information content (AvgIpc) is 2.82. The van der Waals surface area contributed by atoms with Gasteiger partial charge in [-0.15, -0.1) is 0 Å². The Hall–Kier alpha value is -2.10. The number of rotatable bonds is 5. The van der Waals surface area contributed by atoms with Gasteiger partial charge in [0.25, 0.3) is 0 Å². The molecule has 0 radical (unpaired) electrons. The van der Waals surface area contributed by atoms with Gasteiger partial charge in [0.2, 0.25) is 6.54 Å². The first-order valence-corrected chi connectivity index (χ1v) is 5.45. The minimum atomic E-state index is -0.296. The fourth-order valence-corrected chi connectivity index (χ4v) is 1.86. The molecule has 0 saturated carbocycles. The Morgan fingerprint density at radius 3 is 2.53 bits per heavy atom. The van der Waals surface area contributed by atoms with Crippen LogP contribution >= 0.6 is 0 Å². The van der Waals surface area contributed by atoms with Crippen LogP contribution in [0.3, 0.4) is 0 Å². The molecule has 1 aromatic carbocycles. The Balaban J connectivity index is 2.14. The van der Waals surface area contributed by atoms with E-state index in [1.54, 1.807) is 18.4 Å². The molecular weight excluding hydrogens is 218 g/mol. The van der Waals surface area contributed by atoms with Gasteiger partial charge in [-0.2, -0.15) is 0 Å². The van der Waals surface area contributed by atoms with Crippen LogP contribution in [0.5, 0.6) is 0 Å². The quantitative estimate of drug-likeness (QED) is 0.587. The Morgan fingerprint density at radius 1 is 1.18 bits per heavy atom. The van der Waals surface area contributed by atoms with E-state index in [0.717, 1.165) is 5.56 Å². The van der Waals surface area contributed by atoms with Crippen molar-refractivity contribution in [2.24, 2.45) is 0 Å². The number of furan rings is 1. The van der Waals surface area contributed by atoms with Crippen molar-refractivity contribution in [2.75, 3.05) is 6.54 Å². The number of hydrogen-bond acceptors (Lipinski definition) is 3. The zero-order chi connectivity index (χ0) is 12.1. The molecule has 2 aromatic rings.